The summed E-state index contributed by atoms with van der Waals surface area (Å²) in [4.78, 5) is 5.21. The van der Waals surface area contributed by atoms with Crippen molar-refractivity contribution >= 4 is 33.7 Å². The third-order valence-corrected chi connectivity index (χ3v) is 3.57. The second kappa shape index (κ2) is 3.93. The first-order chi connectivity index (χ1) is 6.77. The number of hydrogen-bond donors (Lipinski definition) is 2. The molecule has 14 heavy (non-hydrogen) atoms. The molecule has 0 amide bonds. The standard InChI is InChI=1S/C8H10N4S2/c1-5-7(9)12-14-8(5)11-3-6-2-10-4-13-6/h2,4,11H,3H2,1H3,(H2,9,12). The van der Waals surface area contributed by atoms with Crippen LogP contribution in [0.2, 0.25) is 0 Å². The van der Waals surface area contributed by atoms with Gasteiger partial charge in [-0.25, -0.2) is 0 Å². The van der Waals surface area contributed by atoms with E-state index in [0.29, 0.717) is 5.82 Å². The molecule has 2 heterocycles. The highest BCUT2D eigenvalue weighted by Crippen LogP contribution is 2.25. The third-order valence-electron chi connectivity index (χ3n) is 1.87. The Labute approximate surface area is 90.0 Å². The van der Waals surface area contributed by atoms with Crippen LogP contribution in [0.15, 0.2) is 11.7 Å². The van der Waals surface area contributed by atoms with Gasteiger partial charge < -0.3 is 11.1 Å². The number of hydrogen-bond acceptors (Lipinski definition) is 6. The van der Waals surface area contributed by atoms with Crippen molar-refractivity contribution in [1.29, 1.82) is 0 Å². The molecule has 0 aromatic carbocycles. The molecule has 0 unspecified atom stereocenters. The first kappa shape index (κ1) is 9.42. The van der Waals surface area contributed by atoms with Gasteiger partial charge in [0, 0.05) is 16.6 Å². The Morgan fingerprint density at radius 3 is 3.00 bits per heavy atom. The van der Waals surface area contributed by atoms with E-state index in [4.69, 9.17) is 5.73 Å². The average Bonchev–Trinajstić information content (AvgIpc) is 2.77. The molecule has 0 fully saturated rings. The molecular formula is C8H10N4S2. The van der Waals surface area contributed by atoms with Gasteiger partial charge in [-0.2, -0.15) is 4.37 Å². The van der Waals surface area contributed by atoms with Gasteiger partial charge in [-0.1, -0.05) is 0 Å². The molecule has 74 valence electrons. The van der Waals surface area contributed by atoms with E-state index in [1.165, 1.54) is 16.4 Å². The van der Waals surface area contributed by atoms with E-state index in [0.717, 1.165) is 17.1 Å². The largest absolute Gasteiger partial charge is 0.383 e. The Kier molecular flexibility index (Phi) is 2.64. The van der Waals surface area contributed by atoms with E-state index >= 15 is 0 Å². The summed E-state index contributed by atoms with van der Waals surface area (Å²) in [5.74, 6) is 0.613. The van der Waals surface area contributed by atoms with Crippen LogP contribution in [0.4, 0.5) is 10.8 Å². The lowest BCUT2D eigenvalue weighted by Crippen LogP contribution is -1.97. The number of anilines is 2. The van der Waals surface area contributed by atoms with E-state index in [9.17, 15) is 0 Å². The van der Waals surface area contributed by atoms with Crippen LogP contribution in [0.5, 0.6) is 0 Å². The Bertz CT molecular complexity index is 407. The fourth-order valence-electron chi connectivity index (χ4n) is 1.01. The summed E-state index contributed by atoms with van der Waals surface area (Å²) >= 11 is 3.03. The Hall–Kier alpha value is -1.14. The molecule has 2 aromatic rings. The van der Waals surface area contributed by atoms with E-state index in [1.807, 2.05) is 18.6 Å². The second-order valence-corrected chi connectivity index (χ2v) is 4.59. The molecule has 0 atom stereocenters. The zero-order valence-corrected chi connectivity index (χ0v) is 9.28. The molecule has 0 bridgehead atoms. The van der Waals surface area contributed by atoms with Crippen molar-refractivity contribution in [3.63, 3.8) is 0 Å². The lowest BCUT2D eigenvalue weighted by Gasteiger charge is -2.01. The van der Waals surface area contributed by atoms with Crippen LogP contribution >= 0.6 is 22.9 Å². The van der Waals surface area contributed by atoms with Gasteiger partial charge in [-0.15, -0.1) is 11.3 Å². The summed E-state index contributed by atoms with van der Waals surface area (Å²) < 4.78 is 4.06. The van der Waals surface area contributed by atoms with Gasteiger partial charge >= 0.3 is 0 Å². The number of thiazole rings is 1. The fraction of sp³-hybridized carbons (Fsp3) is 0.250. The van der Waals surface area contributed by atoms with Crippen molar-refractivity contribution in [1.82, 2.24) is 9.36 Å². The number of nitrogen functional groups attached to an aromatic ring is 1. The summed E-state index contributed by atoms with van der Waals surface area (Å²) in [5.41, 5.74) is 8.49. The molecule has 4 nitrogen and oxygen atoms in total. The first-order valence-corrected chi connectivity index (χ1v) is 5.75. The Morgan fingerprint density at radius 1 is 1.57 bits per heavy atom. The molecule has 0 aliphatic rings. The number of nitrogens with two attached hydrogens (primary N) is 1. The van der Waals surface area contributed by atoms with Gasteiger partial charge in [0.15, 0.2) is 0 Å². The average molecular weight is 226 g/mol. The minimum atomic E-state index is 0.613. The molecule has 2 rings (SSSR count). The number of nitrogens with one attached hydrogen (secondary N) is 1. The smallest absolute Gasteiger partial charge is 0.142 e. The maximum Gasteiger partial charge on any atom is 0.142 e. The topological polar surface area (TPSA) is 63.8 Å². The van der Waals surface area contributed by atoms with E-state index in [-0.39, 0.29) is 0 Å². The van der Waals surface area contributed by atoms with Gasteiger partial charge in [0.05, 0.1) is 12.1 Å². The molecule has 0 radical (unpaired) electrons. The monoisotopic (exact) mass is 226 g/mol. The van der Waals surface area contributed by atoms with E-state index < -0.39 is 0 Å². The van der Waals surface area contributed by atoms with Crippen molar-refractivity contribution in [2.45, 2.75) is 13.5 Å². The van der Waals surface area contributed by atoms with Crippen LogP contribution in [-0.4, -0.2) is 9.36 Å². The van der Waals surface area contributed by atoms with Crippen molar-refractivity contribution in [2.75, 3.05) is 11.1 Å². The summed E-state index contributed by atoms with van der Waals surface area (Å²) in [6.45, 7) is 2.75. The van der Waals surface area contributed by atoms with Crippen molar-refractivity contribution in [3.8, 4) is 0 Å². The van der Waals surface area contributed by atoms with Gasteiger partial charge in [-0.05, 0) is 18.5 Å². The maximum absolute atomic E-state index is 5.64. The lowest BCUT2D eigenvalue weighted by molar-refractivity contribution is 1.18. The molecule has 0 saturated heterocycles. The molecular weight excluding hydrogens is 216 g/mol. The summed E-state index contributed by atoms with van der Waals surface area (Å²) in [6, 6.07) is 0. The van der Waals surface area contributed by atoms with Gasteiger partial charge in [0.2, 0.25) is 0 Å². The maximum atomic E-state index is 5.64. The number of nitrogens with zero attached hydrogens (tertiary/aromatic N) is 2. The summed E-state index contributed by atoms with van der Waals surface area (Å²) in [6.07, 6.45) is 1.86. The lowest BCUT2D eigenvalue weighted by atomic mass is 10.3. The molecule has 0 aliphatic heterocycles. The highest BCUT2D eigenvalue weighted by molar-refractivity contribution is 7.11. The number of aromatic nitrogens is 2. The second-order valence-electron chi connectivity index (χ2n) is 2.84. The highest BCUT2D eigenvalue weighted by atomic mass is 32.1. The van der Waals surface area contributed by atoms with Crippen LogP contribution in [0, 0.1) is 6.92 Å². The van der Waals surface area contributed by atoms with Crippen molar-refractivity contribution < 1.29 is 0 Å². The molecule has 0 saturated carbocycles. The van der Waals surface area contributed by atoms with Gasteiger partial charge in [-0.3, -0.25) is 4.98 Å². The predicted molar refractivity (Wildman–Crippen MR) is 60.7 cm³/mol. The quantitative estimate of drug-likeness (QED) is 0.841. The molecule has 3 N–H and O–H groups in total. The van der Waals surface area contributed by atoms with E-state index in [1.54, 1.807) is 11.3 Å². The van der Waals surface area contributed by atoms with Gasteiger partial charge in [0.25, 0.3) is 0 Å². The minimum absolute atomic E-state index is 0.613. The molecule has 6 heteroatoms. The fourth-order valence-corrected chi connectivity index (χ4v) is 2.25. The predicted octanol–water partition coefficient (Wildman–Crippen LogP) is 2.10. The molecule has 0 spiro atoms. The summed E-state index contributed by atoms with van der Waals surface area (Å²) in [7, 11) is 0. The Balaban J connectivity index is 2.02. The normalized spacial score (nSPS) is 10.4. The number of rotatable bonds is 3. The van der Waals surface area contributed by atoms with Crippen LogP contribution in [0.1, 0.15) is 10.4 Å². The minimum Gasteiger partial charge on any atom is -0.383 e. The van der Waals surface area contributed by atoms with Crippen LogP contribution in [-0.2, 0) is 6.54 Å². The first-order valence-electron chi connectivity index (χ1n) is 4.10. The van der Waals surface area contributed by atoms with Crippen molar-refractivity contribution in [3.05, 3.63) is 22.1 Å². The zero-order chi connectivity index (χ0) is 9.97. The van der Waals surface area contributed by atoms with Gasteiger partial charge in [0.1, 0.15) is 10.8 Å². The SMILES string of the molecule is Cc1c(N)nsc1NCc1cncs1. The van der Waals surface area contributed by atoms with Crippen LogP contribution in [0.25, 0.3) is 0 Å². The zero-order valence-electron chi connectivity index (χ0n) is 7.65. The molecule has 0 aliphatic carbocycles. The van der Waals surface area contributed by atoms with E-state index in [2.05, 4.69) is 14.7 Å². The highest BCUT2D eigenvalue weighted by Gasteiger charge is 2.05. The molecule has 2 aromatic heterocycles. The van der Waals surface area contributed by atoms with Crippen LogP contribution < -0.4 is 11.1 Å². The van der Waals surface area contributed by atoms with Crippen LogP contribution in [0.3, 0.4) is 0 Å². The Morgan fingerprint density at radius 2 is 2.43 bits per heavy atom. The summed E-state index contributed by atoms with van der Waals surface area (Å²) in [5, 5.41) is 4.32. The third kappa shape index (κ3) is 1.85. The van der Waals surface area contributed by atoms with Crippen molar-refractivity contribution in [2.24, 2.45) is 0 Å².